The fourth-order valence-electron chi connectivity index (χ4n) is 3.61. The van der Waals surface area contributed by atoms with Gasteiger partial charge in [0.05, 0.1) is 0 Å². The minimum absolute atomic E-state index is 0.676. The summed E-state index contributed by atoms with van der Waals surface area (Å²) < 4.78 is 0. The molecule has 0 saturated heterocycles. The Morgan fingerprint density at radius 2 is 1.42 bits per heavy atom. The van der Waals surface area contributed by atoms with Gasteiger partial charge in [-0.05, 0) is 54.1 Å². The van der Waals surface area contributed by atoms with E-state index in [0.29, 0.717) is 5.92 Å². The number of hydrogen-bond acceptors (Lipinski definition) is 0. The second kappa shape index (κ2) is 12.8. The first-order valence-electron chi connectivity index (χ1n) is 11.0. The van der Waals surface area contributed by atoms with Crippen molar-refractivity contribution in [2.45, 2.75) is 92.9 Å². The smallest absolute Gasteiger partial charge is 0.0438 e. The highest BCUT2D eigenvalue weighted by molar-refractivity contribution is 6.31. The Morgan fingerprint density at radius 1 is 0.846 bits per heavy atom. The lowest BCUT2D eigenvalue weighted by atomic mass is 9.78. The first-order valence-corrected chi connectivity index (χ1v) is 11.4. The maximum atomic E-state index is 5.97. The van der Waals surface area contributed by atoms with Crippen LogP contribution in [0.5, 0.6) is 0 Å². The minimum atomic E-state index is 0.676. The maximum Gasteiger partial charge on any atom is 0.0438 e. The van der Waals surface area contributed by atoms with Crippen LogP contribution in [0.25, 0.3) is 0 Å². The largest absolute Gasteiger partial charge is 0.0840 e. The molecule has 0 aliphatic heterocycles. The molecule has 2 saturated carbocycles. The van der Waals surface area contributed by atoms with E-state index in [2.05, 4.69) is 47.6 Å². The van der Waals surface area contributed by atoms with Crippen LogP contribution in [0, 0.1) is 29.6 Å². The first kappa shape index (κ1) is 23.5. The Hall–Kier alpha value is -0.490. The van der Waals surface area contributed by atoms with Gasteiger partial charge in [0.1, 0.15) is 0 Å². The lowest BCUT2D eigenvalue weighted by Crippen LogP contribution is -2.16. The van der Waals surface area contributed by atoms with Gasteiger partial charge in [0, 0.05) is 5.02 Å². The second-order valence-electron chi connectivity index (χ2n) is 9.55. The van der Waals surface area contributed by atoms with Gasteiger partial charge in [-0.3, -0.25) is 0 Å². The zero-order valence-corrected chi connectivity index (χ0v) is 19.0. The van der Waals surface area contributed by atoms with Gasteiger partial charge in [-0.1, -0.05) is 110 Å². The van der Waals surface area contributed by atoms with Crippen LogP contribution < -0.4 is 0 Å². The molecule has 0 spiro atoms. The first-order chi connectivity index (χ1) is 12.3. The molecule has 0 heterocycles. The molecule has 0 unspecified atom stereocenters. The zero-order chi connectivity index (χ0) is 19.5. The molecule has 0 bridgehead atoms. The van der Waals surface area contributed by atoms with Gasteiger partial charge in [-0.25, -0.2) is 0 Å². The fourth-order valence-corrected chi connectivity index (χ4v) is 3.82. The number of benzene rings is 1. The molecule has 0 amide bonds. The van der Waals surface area contributed by atoms with Crippen LogP contribution in [0.15, 0.2) is 24.3 Å². The molecular weight excluding hydrogens is 336 g/mol. The highest BCUT2D eigenvalue weighted by atomic mass is 35.5. The summed E-state index contributed by atoms with van der Waals surface area (Å²) >= 11 is 5.97. The standard InChI is InChI=1S/C10H13Cl.C8H16.C7H14/c1-8(2)7-9-5-3-4-6-10(9)11;1-7(2)6-8-4-3-5-8;1-6(2)7-4-3-5-7/h3-6,8H,7H2,1-2H3;7-8H,3-6H2,1-2H3;6-7H,3-5H2,1-2H3. The number of hydrogen-bond donors (Lipinski definition) is 0. The lowest BCUT2D eigenvalue weighted by molar-refractivity contribution is 0.235. The molecule has 26 heavy (non-hydrogen) atoms. The van der Waals surface area contributed by atoms with E-state index in [-0.39, 0.29) is 0 Å². The molecule has 1 heteroatoms. The van der Waals surface area contributed by atoms with Crippen LogP contribution in [0.2, 0.25) is 5.02 Å². The highest BCUT2D eigenvalue weighted by Gasteiger charge is 2.19. The van der Waals surface area contributed by atoms with Crippen molar-refractivity contribution in [3.05, 3.63) is 34.9 Å². The van der Waals surface area contributed by atoms with Gasteiger partial charge in [-0.15, -0.1) is 0 Å². The van der Waals surface area contributed by atoms with Crippen molar-refractivity contribution < 1.29 is 0 Å². The van der Waals surface area contributed by atoms with Crippen LogP contribution in [0.1, 0.15) is 92.1 Å². The monoisotopic (exact) mass is 378 g/mol. The van der Waals surface area contributed by atoms with Gasteiger partial charge < -0.3 is 0 Å². The Balaban J connectivity index is 0.000000201. The van der Waals surface area contributed by atoms with Crippen molar-refractivity contribution in [3.8, 4) is 0 Å². The molecule has 3 rings (SSSR count). The van der Waals surface area contributed by atoms with Crippen molar-refractivity contribution in [1.82, 2.24) is 0 Å². The molecule has 2 aliphatic carbocycles. The highest BCUT2D eigenvalue weighted by Crippen LogP contribution is 2.32. The van der Waals surface area contributed by atoms with E-state index >= 15 is 0 Å². The van der Waals surface area contributed by atoms with E-state index in [1.807, 2.05) is 18.2 Å². The van der Waals surface area contributed by atoms with Gasteiger partial charge in [0.25, 0.3) is 0 Å². The summed E-state index contributed by atoms with van der Waals surface area (Å²) in [6.45, 7) is 13.7. The Labute approximate surface area is 169 Å². The van der Waals surface area contributed by atoms with E-state index < -0.39 is 0 Å². The summed E-state index contributed by atoms with van der Waals surface area (Å²) in [4.78, 5) is 0. The Bertz CT molecular complexity index is 467. The summed E-state index contributed by atoms with van der Waals surface area (Å²) in [5.74, 6) is 4.75. The summed E-state index contributed by atoms with van der Waals surface area (Å²) in [7, 11) is 0. The van der Waals surface area contributed by atoms with E-state index in [1.165, 1.54) is 50.5 Å². The molecule has 2 aliphatic rings. The van der Waals surface area contributed by atoms with E-state index in [1.54, 1.807) is 0 Å². The van der Waals surface area contributed by atoms with Crippen molar-refractivity contribution >= 4 is 11.6 Å². The van der Waals surface area contributed by atoms with E-state index in [0.717, 1.165) is 35.1 Å². The topological polar surface area (TPSA) is 0 Å². The van der Waals surface area contributed by atoms with Crippen molar-refractivity contribution in [1.29, 1.82) is 0 Å². The van der Waals surface area contributed by atoms with Crippen LogP contribution >= 0.6 is 11.6 Å². The normalized spacial score (nSPS) is 17.2. The molecule has 150 valence electrons. The van der Waals surface area contributed by atoms with Crippen LogP contribution in [0.3, 0.4) is 0 Å². The molecule has 0 nitrogen and oxygen atoms in total. The number of halogens is 1. The average Bonchev–Trinajstić information content (AvgIpc) is 2.44. The van der Waals surface area contributed by atoms with Gasteiger partial charge in [0.2, 0.25) is 0 Å². The van der Waals surface area contributed by atoms with Crippen molar-refractivity contribution in [2.24, 2.45) is 29.6 Å². The van der Waals surface area contributed by atoms with E-state index in [9.17, 15) is 0 Å². The molecular formula is C25H43Cl. The van der Waals surface area contributed by atoms with Crippen LogP contribution in [-0.2, 0) is 6.42 Å². The molecule has 0 atom stereocenters. The predicted molar refractivity (Wildman–Crippen MR) is 119 cm³/mol. The van der Waals surface area contributed by atoms with Crippen LogP contribution in [0.4, 0.5) is 0 Å². The summed E-state index contributed by atoms with van der Waals surface area (Å²) in [6, 6.07) is 8.03. The Morgan fingerprint density at radius 3 is 1.69 bits per heavy atom. The molecule has 0 aromatic heterocycles. The van der Waals surface area contributed by atoms with Gasteiger partial charge in [-0.2, -0.15) is 0 Å². The van der Waals surface area contributed by atoms with Crippen molar-refractivity contribution in [3.63, 3.8) is 0 Å². The Kier molecular flexibility index (Phi) is 11.6. The quantitative estimate of drug-likeness (QED) is 0.480. The zero-order valence-electron chi connectivity index (χ0n) is 18.2. The maximum absolute atomic E-state index is 5.97. The van der Waals surface area contributed by atoms with E-state index in [4.69, 9.17) is 11.6 Å². The summed E-state index contributed by atoms with van der Waals surface area (Å²) in [6.07, 6.45) is 11.5. The molecule has 2 fully saturated rings. The molecule has 0 radical (unpaired) electrons. The number of rotatable bonds is 5. The second-order valence-corrected chi connectivity index (χ2v) is 9.96. The molecule has 1 aromatic rings. The van der Waals surface area contributed by atoms with Crippen molar-refractivity contribution in [2.75, 3.05) is 0 Å². The predicted octanol–water partition coefficient (Wildman–Crippen LogP) is 8.81. The van der Waals surface area contributed by atoms with Gasteiger partial charge >= 0.3 is 0 Å². The lowest BCUT2D eigenvalue weighted by Gasteiger charge is -2.28. The summed E-state index contributed by atoms with van der Waals surface area (Å²) in [5, 5.41) is 0.890. The third-order valence-corrected chi connectivity index (χ3v) is 6.08. The minimum Gasteiger partial charge on any atom is -0.0840 e. The third kappa shape index (κ3) is 10.0. The average molecular weight is 379 g/mol. The van der Waals surface area contributed by atoms with Crippen LogP contribution in [-0.4, -0.2) is 0 Å². The van der Waals surface area contributed by atoms with Gasteiger partial charge in [0.15, 0.2) is 0 Å². The third-order valence-electron chi connectivity index (χ3n) is 5.71. The fraction of sp³-hybridized carbons (Fsp3) is 0.760. The summed E-state index contributed by atoms with van der Waals surface area (Å²) in [5.41, 5.74) is 1.25. The molecule has 0 N–H and O–H groups in total. The molecule has 1 aromatic carbocycles. The SMILES string of the molecule is CC(C)C1CCC1.CC(C)CC1CCC1.CC(C)Cc1ccccc1Cl.